The molecule has 164 valence electrons. The number of hydrogen-bond acceptors (Lipinski definition) is 6. The maximum Gasteiger partial charge on any atom is 0.311 e. The molecule has 7 heteroatoms. The Labute approximate surface area is 186 Å². The molecule has 0 radical (unpaired) electrons. The molecule has 7 nitrogen and oxygen atoms in total. The number of carbonyl (C=O) groups is 3. The van der Waals surface area contributed by atoms with Crippen molar-refractivity contribution in [3.63, 3.8) is 0 Å². The van der Waals surface area contributed by atoms with Crippen LogP contribution in [0.15, 0.2) is 67.0 Å². The van der Waals surface area contributed by atoms with E-state index in [0.29, 0.717) is 40.3 Å². The number of nitrogens with one attached hydrogen (secondary N) is 1. The highest BCUT2D eigenvalue weighted by Crippen LogP contribution is 2.23. The van der Waals surface area contributed by atoms with Gasteiger partial charge < -0.3 is 14.8 Å². The van der Waals surface area contributed by atoms with Crippen LogP contribution in [-0.4, -0.2) is 29.8 Å². The minimum atomic E-state index is -0.414. The fraction of sp³-hybridized carbons (Fsp3) is 0.200. The highest BCUT2D eigenvalue weighted by molar-refractivity contribution is 6.04. The van der Waals surface area contributed by atoms with E-state index in [1.807, 2.05) is 0 Å². The molecule has 3 aromatic rings. The Morgan fingerprint density at radius 2 is 1.75 bits per heavy atom. The first-order valence-corrected chi connectivity index (χ1v) is 10.2. The Balaban J connectivity index is 1.48. The minimum absolute atomic E-state index is 0.0367. The van der Waals surface area contributed by atoms with Crippen molar-refractivity contribution in [3.05, 3.63) is 83.7 Å². The van der Waals surface area contributed by atoms with Crippen molar-refractivity contribution in [1.82, 2.24) is 4.98 Å². The average Bonchev–Trinajstić information content (AvgIpc) is 2.81. The van der Waals surface area contributed by atoms with Crippen LogP contribution in [0.4, 0.5) is 5.69 Å². The van der Waals surface area contributed by atoms with Crippen LogP contribution >= 0.6 is 0 Å². The summed E-state index contributed by atoms with van der Waals surface area (Å²) in [6.45, 7) is 1.79. The Morgan fingerprint density at radius 3 is 2.41 bits per heavy atom. The number of rotatable bonds is 9. The van der Waals surface area contributed by atoms with Crippen molar-refractivity contribution in [1.29, 1.82) is 0 Å². The molecule has 1 heterocycles. The van der Waals surface area contributed by atoms with E-state index in [1.54, 1.807) is 74.8 Å². The Hall–Kier alpha value is -4.00. The lowest BCUT2D eigenvalue weighted by molar-refractivity contribution is -0.134. The van der Waals surface area contributed by atoms with Crippen LogP contribution in [0.1, 0.15) is 45.5 Å². The first-order chi connectivity index (χ1) is 15.5. The van der Waals surface area contributed by atoms with Crippen molar-refractivity contribution in [2.75, 3.05) is 12.4 Å². The van der Waals surface area contributed by atoms with E-state index in [2.05, 4.69) is 10.3 Å². The first kappa shape index (κ1) is 22.7. The zero-order valence-electron chi connectivity index (χ0n) is 18.0. The highest BCUT2D eigenvalue weighted by Gasteiger charge is 2.12. The molecule has 32 heavy (non-hydrogen) atoms. The van der Waals surface area contributed by atoms with Crippen LogP contribution in [0.2, 0.25) is 0 Å². The maximum atomic E-state index is 12.2. The third-order valence-electron chi connectivity index (χ3n) is 4.78. The lowest BCUT2D eigenvalue weighted by Crippen LogP contribution is -2.13. The molecule has 3 rings (SSSR count). The zero-order valence-corrected chi connectivity index (χ0v) is 18.0. The van der Waals surface area contributed by atoms with Gasteiger partial charge in [-0.05, 0) is 73.5 Å². The summed E-state index contributed by atoms with van der Waals surface area (Å²) < 4.78 is 10.5. The monoisotopic (exact) mass is 432 g/mol. The van der Waals surface area contributed by atoms with Crippen molar-refractivity contribution in [2.24, 2.45) is 0 Å². The number of anilines is 1. The van der Waals surface area contributed by atoms with Crippen LogP contribution < -0.4 is 14.8 Å². The smallest absolute Gasteiger partial charge is 0.311 e. The summed E-state index contributed by atoms with van der Waals surface area (Å²) in [7, 11) is 1.57. The second kappa shape index (κ2) is 10.9. The van der Waals surface area contributed by atoms with Crippen LogP contribution in [0.3, 0.4) is 0 Å². The normalized spacial score (nSPS) is 10.3. The van der Waals surface area contributed by atoms with Crippen molar-refractivity contribution in [2.45, 2.75) is 26.2 Å². The fourth-order valence-corrected chi connectivity index (χ4v) is 3.03. The van der Waals surface area contributed by atoms with E-state index in [9.17, 15) is 14.4 Å². The SMILES string of the molecule is COc1ccc(C(=O)CCCC(=O)Oc2ccc(NC(=O)c3cccnc3)cc2C)cc1. The van der Waals surface area contributed by atoms with E-state index in [-0.39, 0.29) is 24.5 Å². The molecule has 0 saturated heterocycles. The van der Waals surface area contributed by atoms with Gasteiger partial charge in [0, 0.05) is 36.5 Å². The van der Waals surface area contributed by atoms with Gasteiger partial charge >= 0.3 is 5.97 Å². The zero-order chi connectivity index (χ0) is 22.9. The number of benzene rings is 2. The summed E-state index contributed by atoms with van der Waals surface area (Å²) in [5.74, 6) is 0.371. The number of methoxy groups -OCH3 is 1. The van der Waals surface area contributed by atoms with Crippen LogP contribution in [0.25, 0.3) is 0 Å². The summed E-state index contributed by atoms with van der Waals surface area (Å²) in [5, 5.41) is 2.78. The second-order valence-corrected chi connectivity index (χ2v) is 7.16. The third kappa shape index (κ3) is 6.25. The van der Waals surface area contributed by atoms with E-state index in [0.717, 1.165) is 0 Å². The summed E-state index contributed by atoms with van der Waals surface area (Å²) in [4.78, 5) is 40.6. The summed E-state index contributed by atoms with van der Waals surface area (Å²) in [5.41, 5.74) is 2.32. The van der Waals surface area contributed by atoms with E-state index < -0.39 is 5.97 Å². The molecule has 0 unspecified atom stereocenters. The Bertz CT molecular complexity index is 1100. The van der Waals surface area contributed by atoms with Crippen LogP contribution in [0.5, 0.6) is 11.5 Å². The number of hydrogen-bond donors (Lipinski definition) is 1. The highest BCUT2D eigenvalue weighted by atomic mass is 16.5. The van der Waals surface area contributed by atoms with Gasteiger partial charge in [0.05, 0.1) is 12.7 Å². The number of amides is 1. The van der Waals surface area contributed by atoms with Crippen molar-refractivity contribution >= 4 is 23.3 Å². The number of aromatic nitrogens is 1. The number of esters is 1. The number of ketones is 1. The Morgan fingerprint density at radius 1 is 0.969 bits per heavy atom. The predicted octanol–water partition coefficient (Wildman–Crippen LogP) is 4.61. The standard InChI is InChI=1S/C25H24N2O5/c1-17-15-20(27-25(30)19-5-4-14-26-16-19)10-13-23(17)32-24(29)7-3-6-22(28)18-8-11-21(31-2)12-9-18/h4-5,8-16H,3,6-7H2,1-2H3,(H,27,30). The van der Waals surface area contributed by atoms with Gasteiger partial charge in [0.25, 0.3) is 5.91 Å². The molecule has 0 atom stereocenters. The summed E-state index contributed by atoms with van der Waals surface area (Å²) in [6, 6.07) is 15.3. The summed E-state index contributed by atoms with van der Waals surface area (Å²) in [6.07, 6.45) is 3.85. The quantitative estimate of drug-likeness (QED) is 0.301. The van der Waals surface area contributed by atoms with Gasteiger partial charge in [-0.2, -0.15) is 0 Å². The molecule has 0 aliphatic carbocycles. The van der Waals surface area contributed by atoms with Crippen molar-refractivity contribution < 1.29 is 23.9 Å². The number of carbonyl (C=O) groups excluding carboxylic acids is 3. The van der Waals surface area contributed by atoms with Gasteiger partial charge in [-0.15, -0.1) is 0 Å². The average molecular weight is 432 g/mol. The van der Waals surface area contributed by atoms with E-state index >= 15 is 0 Å². The molecule has 0 aliphatic heterocycles. The third-order valence-corrected chi connectivity index (χ3v) is 4.78. The molecule has 2 aromatic carbocycles. The van der Waals surface area contributed by atoms with Crippen LogP contribution in [-0.2, 0) is 4.79 Å². The molecular weight excluding hydrogens is 408 g/mol. The van der Waals surface area contributed by atoms with Gasteiger partial charge in [0.2, 0.25) is 0 Å². The first-order valence-electron chi connectivity index (χ1n) is 10.2. The lowest BCUT2D eigenvalue weighted by atomic mass is 10.1. The van der Waals surface area contributed by atoms with E-state index in [1.165, 1.54) is 6.20 Å². The van der Waals surface area contributed by atoms with Crippen LogP contribution in [0, 0.1) is 6.92 Å². The molecule has 1 N–H and O–H groups in total. The number of Topliss-reactive ketones (excluding diaryl/α,β-unsaturated/α-hetero) is 1. The van der Waals surface area contributed by atoms with Gasteiger partial charge in [-0.1, -0.05) is 0 Å². The van der Waals surface area contributed by atoms with Crippen molar-refractivity contribution in [3.8, 4) is 11.5 Å². The summed E-state index contributed by atoms with van der Waals surface area (Å²) >= 11 is 0. The minimum Gasteiger partial charge on any atom is -0.497 e. The number of aryl methyl sites for hydroxylation is 1. The topological polar surface area (TPSA) is 94.6 Å². The molecule has 0 aliphatic rings. The second-order valence-electron chi connectivity index (χ2n) is 7.16. The number of ether oxygens (including phenoxy) is 2. The van der Waals surface area contributed by atoms with E-state index in [4.69, 9.17) is 9.47 Å². The number of pyridine rings is 1. The lowest BCUT2D eigenvalue weighted by Gasteiger charge is -2.10. The Kier molecular flexibility index (Phi) is 7.70. The number of nitrogens with zero attached hydrogens (tertiary/aromatic N) is 1. The molecule has 0 saturated carbocycles. The largest absolute Gasteiger partial charge is 0.497 e. The van der Waals surface area contributed by atoms with Gasteiger partial charge in [-0.25, -0.2) is 0 Å². The van der Waals surface area contributed by atoms with Gasteiger partial charge in [0.15, 0.2) is 5.78 Å². The molecular formula is C25H24N2O5. The maximum absolute atomic E-state index is 12.2. The van der Waals surface area contributed by atoms with Gasteiger partial charge in [-0.3, -0.25) is 19.4 Å². The molecule has 1 amide bonds. The molecule has 0 bridgehead atoms. The molecule has 0 fully saturated rings. The predicted molar refractivity (Wildman–Crippen MR) is 120 cm³/mol. The molecule has 1 aromatic heterocycles. The molecule has 0 spiro atoms. The fourth-order valence-electron chi connectivity index (χ4n) is 3.03. The van der Waals surface area contributed by atoms with Gasteiger partial charge in [0.1, 0.15) is 11.5 Å².